The Morgan fingerprint density at radius 2 is 1.89 bits per heavy atom. The maximum Gasteiger partial charge on any atom is 0.0197 e. The number of hydrogen-bond acceptors (Lipinski definition) is 2. The van der Waals surface area contributed by atoms with Gasteiger partial charge in [-0.25, -0.2) is 0 Å². The maximum absolute atomic E-state index is 3.78. The fraction of sp³-hybridized carbons (Fsp3) is 1.00. The largest absolute Gasteiger partial charge is 0.313 e. The second-order valence-electron chi connectivity index (χ2n) is 7.20. The molecule has 4 atom stereocenters. The lowest BCUT2D eigenvalue weighted by Crippen LogP contribution is -2.53. The van der Waals surface area contributed by atoms with Crippen LogP contribution in [0.15, 0.2) is 0 Å². The van der Waals surface area contributed by atoms with E-state index in [1.165, 1.54) is 77.4 Å². The number of rotatable bonds is 3. The van der Waals surface area contributed by atoms with Crippen LogP contribution in [-0.4, -0.2) is 36.6 Å². The number of fused-ring (bicyclic) bond motifs is 1. The SMILES string of the molecule is CCC1CCNC(CN2CCCC3CCCCC32)C1. The highest BCUT2D eigenvalue weighted by Crippen LogP contribution is 2.35. The molecule has 1 saturated carbocycles. The molecule has 0 bridgehead atoms. The van der Waals surface area contributed by atoms with Gasteiger partial charge >= 0.3 is 0 Å². The molecule has 0 aromatic heterocycles. The molecule has 2 aliphatic heterocycles. The normalized spacial score (nSPS) is 40.9. The van der Waals surface area contributed by atoms with E-state index < -0.39 is 0 Å². The Morgan fingerprint density at radius 3 is 2.79 bits per heavy atom. The zero-order chi connectivity index (χ0) is 13.1. The average molecular weight is 264 g/mol. The summed E-state index contributed by atoms with van der Waals surface area (Å²) in [7, 11) is 0. The highest BCUT2D eigenvalue weighted by molar-refractivity contribution is 4.90. The lowest BCUT2D eigenvalue weighted by molar-refractivity contribution is 0.0474. The van der Waals surface area contributed by atoms with Crippen LogP contribution in [0.4, 0.5) is 0 Å². The van der Waals surface area contributed by atoms with Gasteiger partial charge in [0, 0.05) is 18.6 Å². The molecule has 1 N–H and O–H groups in total. The van der Waals surface area contributed by atoms with Crippen molar-refractivity contribution in [2.75, 3.05) is 19.6 Å². The zero-order valence-electron chi connectivity index (χ0n) is 12.7. The van der Waals surface area contributed by atoms with E-state index in [4.69, 9.17) is 0 Å². The molecule has 110 valence electrons. The van der Waals surface area contributed by atoms with Crippen molar-refractivity contribution in [3.8, 4) is 0 Å². The maximum atomic E-state index is 3.78. The van der Waals surface area contributed by atoms with Crippen LogP contribution < -0.4 is 5.32 Å². The van der Waals surface area contributed by atoms with E-state index in [9.17, 15) is 0 Å². The van der Waals surface area contributed by atoms with Gasteiger partial charge in [0.2, 0.25) is 0 Å². The van der Waals surface area contributed by atoms with Crippen LogP contribution in [0.2, 0.25) is 0 Å². The fourth-order valence-electron chi connectivity index (χ4n) is 4.84. The van der Waals surface area contributed by atoms with Crippen molar-refractivity contribution in [3.63, 3.8) is 0 Å². The molecule has 2 nitrogen and oxygen atoms in total. The predicted octanol–water partition coefficient (Wildman–Crippen LogP) is 3.42. The van der Waals surface area contributed by atoms with Crippen LogP contribution in [-0.2, 0) is 0 Å². The minimum Gasteiger partial charge on any atom is -0.313 e. The van der Waals surface area contributed by atoms with Gasteiger partial charge in [0.05, 0.1) is 0 Å². The molecule has 2 heterocycles. The molecule has 19 heavy (non-hydrogen) atoms. The summed E-state index contributed by atoms with van der Waals surface area (Å²) >= 11 is 0. The van der Waals surface area contributed by atoms with Gasteiger partial charge < -0.3 is 5.32 Å². The Kier molecular flexibility index (Phi) is 4.81. The van der Waals surface area contributed by atoms with Crippen LogP contribution in [0, 0.1) is 11.8 Å². The number of likely N-dealkylation sites (tertiary alicyclic amines) is 1. The van der Waals surface area contributed by atoms with Gasteiger partial charge in [-0.2, -0.15) is 0 Å². The van der Waals surface area contributed by atoms with Crippen LogP contribution in [0.25, 0.3) is 0 Å². The number of nitrogens with one attached hydrogen (secondary N) is 1. The van der Waals surface area contributed by atoms with E-state index in [1.54, 1.807) is 0 Å². The quantitative estimate of drug-likeness (QED) is 0.840. The van der Waals surface area contributed by atoms with Crippen molar-refractivity contribution in [1.82, 2.24) is 10.2 Å². The molecular weight excluding hydrogens is 232 g/mol. The third kappa shape index (κ3) is 3.33. The van der Waals surface area contributed by atoms with E-state index >= 15 is 0 Å². The summed E-state index contributed by atoms with van der Waals surface area (Å²) in [4.78, 5) is 2.86. The van der Waals surface area contributed by atoms with Gasteiger partial charge in [-0.3, -0.25) is 4.90 Å². The highest BCUT2D eigenvalue weighted by atomic mass is 15.2. The highest BCUT2D eigenvalue weighted by Gasteiger charge is 2.34. The van der Waals surface area contributed by atoms with Gasteiger partial charge in [0.15, 0.2) is 0 Å². The predicted molar refractivity (Wildman–Crippen MR) is 81.4 cm³/mol. The van der Waals surface area contributed by atoms with Gasteiger partial charge in [0.1, 0.15) is 0 Å². The minimum atomic E-state index is 0.777. The molecule has 0 radical (unpaired) electrons. The Balaban J connectivity index is 1.55. The standard InChI is InChI=1S/C17H32N2/c1-2-14-9-10-18-16(12-14)13-19-11-5-7-15-6-3-4-8-17(15)19/h14-18H,2-13H2,1H3. The summed E-state index contributed by atoms with van der Waals surface area (Å²) < 4.78 is 0. The molecule has 3 aliphatic rings. The van der Waals surface area contributed by atoms with Crippen molar-refractivity contribution in [2.24, 2.45) is 11.8 Å². The van der Waals surface area contributed by atoms with Gasteiger partial charge in [-0.1, -0.05) is 26.2 Å². The van der Waals surface area contributed by atoms with E-state index in [2.05, 4.69) is 17.1 Å². The number of hydrogen-bond donors (Lipinski definition) is 1. The Hall–Kier alpha value is -0.0800. The van der Waals surface area contributed by atoms with Gasteiger partial charge in [-0.05, 0) is 63.5 Å². The van der Waals surface area contributed by atoms with Crippen LogP contribution >= 0.6 is 0 Å². The Morgan fingerprint density at radius 1 is 1.05 bits per heavy atom. The third-order valence-corrected chi connectivity index (χ3v) is 5.99. The first-order valence-electron chi connectivity index (χ1n) is 8.84. The van der Waals surface area contributed by atoms with E-state index in [1.807, 2.05) is 0 Å². The van der Waals surface area contributed by atoms with E-state index in [-0.39, 0.29) is 0 Å². The molecule has 2 heteroatoms. The summed E-state index contributed by atoms with van der Waals surface area (Å²) in [6, 6.07) is 1.71. The lowest BCUT2D eigenvalue weighted by atomic mass is 9.78. The summed E-state index contributed by atoms with van der Waals surface area (Å²) in [5.74, 6) is 2.02. The second kappa shape index (κ2) is 6.58. The molecule has 1 aliphatic carbocycles. The molecule has 0 amide bonds. The summed E-state index contributed by atoms with van der Waals surface area (Å²) in [5, 5.41) is 3.78. The number of piperidine rings is 2. The summed E-state index contributed by atoms with van der Waals surface area (Å²) in [6.07, 6.45) is 13.1. The Labute approximate surface area is 119 Å². The molecule has 3 rings (SSSR count). The number of nitrogens with zero attached hydrogens (tertiary/aromatic N) is 1. The van der Waals surface area contributed by atoms with Gasteiger partial charge in [0.25, 0.3) is 0 Å². The minimum absolute atomic E-state index is 0.777. The van der Waals surface area contributed by atoms with Crippen molar-refractivity contribution in [2.45, 2.75) is 76.8 Å². The van der Waals surface area contributed by atoms with Crippen molar-refractivity contribution in [3.05, 3.63) is 0 Å². The zero-order valence-corrected chi connectivity index (χ0v) is 12.7. The molecule has 4 unspecified atom stereocenters. The topological polar surface area (TPSA) is 15.3 Å². The molecule has 2 saturated heterocycles. The Bertz CT molecular complexity index is 276. The molecular formula is C17H32N2. The first kappa shape index (κ1) is 13.9. The fourth-order valence-corrected chi connectivity index (χ4v) is 4.84. The first-order chi connectivity index (χ1) is 9.36. The van der Waals surface area contributed by atoms with Crippen LogP contribution in [0.3, 0.4) is 0 Å². The molecule has 0 spiro atoms. The summed E-state index contributed by atoms with van der Waals surface area (Å²) in [5.41, 5.74) is 0. The smallest absolute Gasteiger partial charge is 0.0197 e. The molecule has 0 aromatic rings. The van der Waals surface area contributed by atoms with E-state index in [0.29, 0.717) is 0 Å². The lowest BCUT2D eigenvalue weighted by Gasteiger charge is -2.46. The van der Waals surface area contributed by atoms with Crippen molar-refractivity contribution < 1.29 is 0 Å². The third-order valence-electron chi connectivity index (χ3n) is 5.99. The monoisotopic (exact) mass is 264 g/mol. The van der Waals surface area contributed by atoms with E-state index in [0.717, 1.165) is 23.9 Å². The first-order valence-corrected chi connectivity index (χ1v) is 8.84. The van der Waals surface area contributed by atoms with Crippen LogP contribution in [0.5, 0.6) is 0 Å². The van der Waals surface area contributed by atoms with Crippen LogP contribution in [0.1, 0.15) is 64.7 Å². The molecule has 3 fully saturated rings. The average Bonchev–Trinajstić information content (AvgIpc) is 2.48. The van der Waals surface area contributed by atoms with Crippen molar-refractivity contribution >= 4 is 0 Å². The van der Waals surface area contributed by atoms with Gasteiger partial charge in [-0.15, -0.1) is 0 Å². The second-order valence-corrected chi connectivity index (χ2v) is 7.20. The summed E-state index contributed by atoms with van der Waals surface area (Å²) in [6.45, 7) is 6.32. The van der Waals surface area contributed by atoms with Crippen molar-refractivity contribution in [1.29, 1.82) is 0 Å². The molecule has 0 aromatic carbocycles.